The highest BCUT2D eigenvalue weighted by Gasteiger charge is 2.33. The van der Waals surface area contributed by atoms with E-state index < -0.39 is 10.0 Å². The Kier molecular flexibility index (Phi) is 5.74. The van der Waals surface area contributed by atoms with E-state index in [1.54, 1.807) is 23.1 Å². The number of hydrogen-bond acceptors (Lipinski definition) is 4. The monoisotopic (exact) mass is 351 g/mol. The molecule has 1 fully saturated rings. The maximum absolute atomic E-state index is 12.0. The minimum atomic E-state index is -3.70. The van der Waals surface area contributed by atoms with Gasteiger partial charge in [0.1, 0.15) is 0 Å². The number of nitrogens with two attached hydrogens (primary N) is 1. The van der Waals surface area contributed by atoms with Crippen molar-refractivity contribution in [1.29, 1.82) is 0 Å². The average molecular weight is 351 g/mol. The van der Waals surface area contributed by atoms with Crippen molar-refractivity contribution in [2.24, 2.45) is 11.1 Å². The van der Waals surface area contributed by atoms with Crippen LogP contribution in [0.25, 0.3) is 0 Å². The highest BCUT2D eigenvalue weighted by atomic mass is 32.2. The SMILES string of the molecule is C=CCNC(=O)C1CC(=O)N(CCc2ccc(S(N)(=O)=O)cc2)C1. The fourth-order valence-electron chi connectivity index (χ4n) is 2.59. The summed E-state index contributed by atoms with van der Waals surface area (Å²) >= 11 is 0. The van der Waals surface area contributed by atoms with Crippen LogP contribution in [0.1, 0.15) is 12.0 Å². The fraction of sp³-hybridized carbons (Fsp3) is 0.375. The summed E-state index contributed by atoms with van der Waals surface area (Å²) in [7, 11) is -3.70. The zero-order chi connectivity index (χ0) is 17.7. The fourth-order valence-corrected chi connectivity index (χ4v) is 3.11. The van der Waals surface area contributed by atoms with E-state index in [0.29, 0.717) is 26.1 Å². The Labute approximate surface area is 141 Å². The van der Waals surface area contributed by atoms with Crippen LogP contribution < -0.4 is 10.5 Å². The molecular weight excluding hydrogens is 330 g/mol. The van der Waals surface area contributed by atoms with Crippen molar-refractivity contribution in [3.05, 3.63) is 42.5 Å². The van der Waals surface area contributed by atoms with Crippen LogP contribution in [0.15, 0.2) is 41.8 Å². The molecule has 0 spiro atoms. The number of amides is 2. The van der Waals surface area contributed by atoms with Gasteiger partial charge in [-0.25, -0.2) is 13.6 Å². The molecule has 0 bridgehead atoms. The molecule has 1 atom stereocenters. The smallest absolute Gasteiger partial charge is 0.238 e. The lowest BCUT2D eigenvalue weighted by Gasteiger charge is -2.16. The normalized spacial score (nSPS) is 17.8. The largest absolute Gasteiger partial charge is 0.352 e. The van der Waals surface area contributed by atoms with Gasteiger partial charge in [0.25, 0.3) is 0 Å². The molecule has 8 heteroatoms. The minimum absolute atomic E-state index is 0.0464. The van der Waals surface area contributed by atoms with Gasteiger partial charge in [0.05, 0.1) is 10.8 Å². The summed E-state index contributed by atoms with van der Waals surface area (Å²) in [4.78, 5) is 25.6. The lowest BCUT2D eigenvalue weighted by atomic mass is 10.1. The Morgan fingerprint density at radius 3 is 2.62 bits per heavy atom. The molecule has 1 unspecified atom stereocenters. The zero-order valence-corrected chi connectivity index (χ0v) is 14.1. The number of carbonyl (C=O) groups excluding carboxylic acids is 2. The first-order valence-electron chi connectivity index (χ1n) is 7.59. The van der Waals surface area contributed by atoms with E-state index in [9.17, 15) is 18.0 Å². The van der Waals surface area contributed by atoms with Crippen LogP contribution in [0.3, 0.4) is 0 Å². The van der Waals surface area contributed by atoms with Gasteiger partial charge >= 0.3 is 0 Å². The van der Waals surface area contributed by atoms with E-state index in [-0.39, 0.29) is 29.0 Å². The van der Waals surface area contributed by atoms with E-state index in [2.05, 4.69) is 11.9 Å². The molecule has 3 N–H and O–H groups in total. The van der Waals surface area contributed by atoms with Gasteiger partial charge in [-0.1, -0.05) is 18.2 Å². The maximum atomic E-state index is 12.0. The average Bonchev–Trinajstić information content (AvgIpc) is 2.91. The Balaban J connectivity index is 1.89. The van der Waals surface area contributed by atoms with Gasteiger partial charge in [-0.3, -0.25) is 9.59 Å². The van der Waals surface area contributed by atoms with Crippen molar-refractivity contribution in [1.82, 2.24) is 10.2 Å². The predicted octanol–water partition coefficient (Wildman–Crippen LogP) is 0.0272. The molecule has 0 radical (unpaired) electrons. The summed E-state index contributed by atoms with van der Waals surface area (Å²) < 4.78 is 22.4. The van der Waals surface area contributed by atoms with Gasteiger partial charge < -0.3 is 10.2 Å². The molecule has 1 aliphatic heterocycles. The van der Waals surface area contributed by atoms with Crippen molar-refractivity contribution < 1.29 is 18.0 Å². The van der Waals surface area contributed by atoms with Gasteiger partial charge in [0, 0.05) is 26.1 Å². The Bertz CT molecular complexity index is 728. The van der Waals surface area contributed by atoms with E-state index >= 15 is 0 Å². The van der Waals surface area contributed by atoms with Crippen LogP contribution in [-0.4, -0.2) is 44.8 Å². The molecule has 0 saturated carbocycles. The molecule has 24 heavy (non-hydrogen) atoms. The third-order valence-corrected chi connectivity index (χ3v) is 4.86. The lowest BCUT2D eigenvalue weighted by molar-refractivity contribution is -0.128. The van der Waals surface area contributed by atoms with Crippen molar-refractivity contribution in [3.8, 4) is 0 Å². The first kappa shape index (κ1) is 18.2. The Morgan fingerprint density at radius 1 is 1.38 bits per heavy atom. The van der Waals surface area contributed by atoms with E-state index in [4.69, 9.17) is 5.14 Å². The third kappa shape index (κ3) is 4.65. The van der Waals surface area contributed by atoms with Crippen molar-refractivity contribution >= 4 is 21.8 Å². The first-order valence-corrected chi connectivity index (χ1v) is 9.14. The summed E-state index contributed by atoms with van der Waals surface area (Å²) in [5.74, 6) is -0.514. The number of nitrogens with zero attached hydrogens (tertiary/aromatic N) is 1. The Morgan fingerprint density at radius 2 is 2.04 bits per heavy atom. The number of carbonyl (C=O) groups is 2. The second kappa shape index (κ2) is 7.59. The standard InChI is InChI=1S/C16H21N3O4S/c1-2-8-18-16(21)13-10-15(20)19(11-13)9-7-12-3-5-14(6-4-12)24(17,22)23/h2-6,13H,1,7-11H2,(H,18,21)(H2,17,22,23). The molecule has 130 valence electrons. The third-order valence-electron chi connectivity index (χ3n) is 3.93. The second-order valence-electron chi connectivity index (χ2n) is 5.71. The molecule has 0 aromatic heterocycles. The Hall–Kier alpha value is -2.19. The molecule has 1 aromatic carbocycles. The van der Waals surface area contributed by atoms with Gasteiger partial charge in [-0.05, 0) is 24.1 Å². The molecule has 2 rings (SSSR count). The first-order chi connectivity index (χ1) is 11.3. The summed E-state index contributed by atoms with van der Waals surface area (Å²) in [6.07, 6.45) is 2.39. The number of nitrogens with one attached hydrogen (secondary N) is 1. The number of hydrogen-bond donors (Lipinski definition) is 2. The summed E-state index contributed by atoms with van der Waals surface area (Å²) in [5, 5.41) is 7.76. The molecule has 0 aliphatic carbocycles. The van der Waals surface area contributed by atoms with Crippen LogP contribution in [-0.2, 0) is 26.0 Å². The number of benzene rings is 1. The van der Waals surface area contributed by atoms with E-state index in [1.807, 2.05) is 0 Å². The molecule has 1 aromatic rings. The quantitative estimate of drug-likeness (QED) is 0.675. The number of primary sulfonamides is 1. The number of likely N-dealkylation sites (tertiary alicyclic amines) is 1. The van der Waals surface area contributed by atoms with Crippen LogP contribution in [0.4, 0.5) is 0 Å². The van der Waals surface area contributed by atoms with Crippen molar-refractivity contribution in [3.63, 3.8) is 0 Å². The molecule has 7 nitrogen and oxygen atoms in total. The van der Waals surface area contributed by atoms with Gasteiger partial charge in [-0.2, -0.15) is 0 Å². The predicted molar refractivity (Wildman–Crippen MR) is 89.4 cm³/mol. The van der Waals surface area contributed by atoms with Crippen molar-refractivity contribution in [2.75, 3.05) is 19.6 Å². The summed E-state index contributed by atoms with van der Waals surface area (Å²) in [6, 6.07) is 6.24. The maximum Gasteiger partial charge on any atom is 0.238 e. The van der Waals surface area contributed by atoms with Crippen LogP contribution in [0.5, 0.6) is 0 Å². The summed E-state index contributed by atoms with van der Waals surface area (Å²) in [6.45, 7) is 4.81. The molecule has 1 heterocycles. The molecule has 1 saturated heterocycles. The zero-order valence-electron chi connectivity index (χ0n) is 13.3. The lowest BCUT2D eigenvalue weighted by Crippen LogP contribution is -2.33. The van der Waals surface area contributed by atoms with Gasteiger partial charge in [0.15, 0.2) is 0 Å². The van der Waals surface area contributed by atoms with E-state index in [0.717, 1.165) is 5.56 Å². The van der Waals surface area contributed by atoms with Gasteiger partial charge in [0.2, 0.25) is 21.8 Å². The van der Waals surface area contributed by atoms with E-state index in [1.165, 1.54) is 12.1 Å². The van der Waals surface area contributed by atoms with Gasteiger partial charge in [-0.15, -0.1) is 6.58 Å². The number of rotatable bonds is 7. The number of sulfonamides is 1. The molecule has 1 aliphatic rings. The van der Waals surface area contributed by atoms with Crippen molar-refractivity contribution in [2.45, 2.75) is 17.7 Å². The minimum Gasteiger partial charge on any atom is -0.352 e. The molecule has 2 amide bonds. The molecular formula is C16H21N3O4S. The second-order valence-corrected chi connectivity index (χ2v) is 7.28. The van der Waals surface area contributed by atoms with Crippen LogP contribution >= 0.6 is 0 Å². The highest BCUT2D eigenvalue weighted by molar-refractivity contribution is 7.89. The topological polar surface area (TPSA) is 110 Å². The highest BCUT2D eigenvalue weighted by Crippen LogP contribution is 2.19. The summed E-state index contributed by atoms with van der Waals surface area (Å²) in [5.41, 5.74) is 0.898. The van der Waals surface area contributed by atoms with Crippen LogP contribution in [0.2, 0.25) is 0 Å². The van der Waals surface area contributed by atoms with Crippen LogP contribution in [0, 0.1) is 5.92 Å².